The number of benzene rings is 2. The van der Waals surface area contributed by atoms with Crippen molar-refractivity contribution in [1.82, 2.24) is 20.7 Å². The average Bonchev–Trinajstić information content (AvgIpc) is 3.29. The van der Waals surface area contributed by atoms with Crippen LogP contribution in [0.2, 0.25) is 0 Å². The Labute approximate surface area is 226 Å². The smallest absolute Gasteiger partial charge is 0.256 e. The SMILES string of the molecule is CCNCCNC(=O)CN(CC(=O)N(C)N1Cc2ccccc2C1)c1cc(C#N)ccc1CC.Cl.Cl. The summed E-state index contributed by atoms with van der Waals surface area (Å²) in [5, 5.41) is 19.2. The number of aryl methyl sites for hydroxylation is 1. The summed E-state index contributed by atoms with van der Waals surface area (Å²) in [6.45, 7) is 7.49. The van der Waals surface area contributed by atoms with Crippen LogP contribution in [0.4, 0.5) is 5.69 Å². The van der Waals surface area contributed by atoms with Gasteiger partial charge in [-0.1, -0.05) is 44.2 Å². The average molecular weight is 536 g/mol. The summed E-state index contributed by atoms with van der Waals surface area (Å²) in [6, 6.07) is 15.8. The number of likely N-dealkylation sites (N-methyl/N-ethyl adjacent to an activating group) is 2. The van der Waals surface area contributed by atoms with Crippen LogP contribution in [0.25, 0.3) is 0 Å². The van der Waals surface area contributed by atoms with Crippen molar-refractivity contribution in [3.05, 3.63) is 64.7 Å². The van der Waals surface area contributed by atoms with Crippen LogP contribution >= 0.6 is 24.8 Å². The molecular formula is C26H36Cl2N6O2. The molecule has 1 aliphatic rings. The zero-order valence-electron chi connectivity index (χ0n) is 21.1. The molecule has 2 aromatic carbocycles. The lowest BCUT2D eigenvalue weighted by Gasteiger charge is -2.32. The number of nitriles is 1. The number of anilines is 1. The van der Waals surface area contributed by atoms with E-state index >= 15 is 0 Å². The topological polar surface area (TPSA) is 91.7 Å². The molecule has 0 aromatic heterocycles. The molecule has 36 heavy (non-hydrogen) atoms. The number of nitrogens with one attached hydrogen (secondary N) is 2. The van der Waals surface area contributed by atoms with Gasteiger partial charge < -0.3 is 15.5 Å². The zero-order chi connectivity index (χ0) is 24.5. The maximum atomic E-state index is 13.3. The first-order valence-corrected chi connectivity index (χ1v) is 11.8. The van der Waals surface area contributed by atoms with E-state index in [4.69, 9.17) is 0 Å². The number of carbonyl (C=O) groups is 2. The summed E-state index contributed by atoms with van der Waals surface area (Å²) in [4.78, 5) is 27.8. The first-order valence-electron chi connectivity index (χ1n) is 11.8. The van der Waals surface area contributed by atoms with Crippen molar-refractivity contribution < 1.29 is 9.59 Å². The minimum atomic E-state index is -0.161. The molecule has 1 heterocycles. The molecule has 2 N–H and O–H groups in total. The minimum Gasteiger partial charge on any atom is -0.353 e. The zero-order valence-corrected chi connectivity index (χ0v) is 22.8. The molecule has 3 rings (SSSR count). The number of nitrogens with zero attached hydrogens (tertiary/aromatic N) is 4. The Bertz CT molecular complexity index is 1030. The summed E-state index contributed by atoms with van der Waals surface area (Å²) < 4.78 is 0. The monoisotopic (exact) mass is 534 g/mol. The van der Waals surface area contributed by atoms with Gasteiger partial charge in [0.1, 0.15) is 0 Å². The number of hydrazine groups is 1. The first-order chi connectivity index (χ1) is 16.5. The Morgan fingerprint density at radius 2 is 1.69 bits per heavy atom. The molecule has 0 saturated heterocycles. The Morgan fingerprint density at radius 1 is 1.03 bits per heavy atom. The maximum Gasteiger partial charge on any atom is 0.256 e. The van der Waals surface area contributed by atoms with Gasteiger partial charge in [0.25, 0.3) is 5.91 Å². The van der Waals surface area contributed by atoms with E-state index < -0.39 is 0 Å². The second kappa shape index (κ2) is 15.3. The van der Waals surface area contributed by atoms with Crippen molar-refractivity contribution in [2.75, 3.05) is 44.7 Å². The summed E-state index contributed by atoms with van der Waals surface area (Å²) in [5.41, 5.74) is 4.67. The van der Waals surface area contributed by atoms with Gasteiger partial charge >= 0.3 is 0 Å². The number of hydrogen-bond donors (Lipinski definition) is 2. The molecule has 0 fully saturated rings. The third kappa shape index (κ3) is 8.10. The Hall–Kier alpha value is -2.83. The van der Waals surface area contributed by atoms with Crippen LogP contribution in [0.5, 0.6) is 0 Å². The van der Waals surface area contributed by atoms with E-state index in [1.807, 2.05) is 37.1 Å². The Kier molecular flexibility index (Phi) is 13.3. The number of amides is 2. The van der Waals surface area contributed by atoms with Crippen LogP contribution < -0.4 is 15.5 Å². The first kappa shape index (κ1) is 31.2. The third-order valence-electron chi connectivity index (χ3n) is 6.08. The highest BCUT2D eigenvalue weighted by Gasteiger charge is 2.27. The highest BCUT2D eigenvalue weighted by molar-refractivity contribution is 5.87. The summed E-state index contributed by atoms with van der Waals surface area (Å²) in [5.74, 6) is -0.274. The van der Waals surface area contributed by atoms with Crippen LogP contribution in [0.15, 0.2) is 42.5 Å². The highest BCUT2D eigenvalue weighted by atomic mass is 35.5. The molecule has 0 bridgehead atoms. The molecule has 0 radical (unpaired) electrons. The quantitative estimate of drug-likeness (QED) is 0.430. The van der Waals surface area contributed by atoms with Gasteiger partial charge in [-0.2, -0.15) is 5.26 Å². The van der Waals surface area contributed by atoms with Crippen molar-refractivity contribution in [2.45, 2.75) is 33.4 Å². The van der Waals surface area contributed by atoms with Crippen LogP contribution in [-0.2, 0) is 29.1 Å². The van der Waals surface area contributed by atoms with Crippen molar-refractivity contribution >= 4 is 42.3 Å². The number of hydrogen-bond acceptors (Lipinski definition) is 6. The second-order valence-corrected chi connectivity index (χ2v) is 8.38. The lowest BCUT2D eigenvalue weighted by Crippen LogP contribution is -2.48. The van der Waals surface area contributed by atoms with Crippen LogP contribution in [0.1, 0.15) is 36.1 Å². The summed E-state index contributed by atoms with van der Waals surface area (Å²) >= 11 is 0. The standard InChI is InChI=1S/C26H34N6O2.2ClH/c1-4-21-11-10-20(15-27)14-24(21)31(18-25(33)29-13-12-28-5-2)19-26(34)30(3)32-16-22-8-6-7-9-23(22)17-32;;/h6-11,14,28H,4-5,12-13,16-19H2,1-3H3,(H,29,33);2*1H. The second-order valence-electron chi connectivity index (χ2n) is 8.38. The lowest BCUT2D eigenvalue weighted by atomic mass is 10.1. The number of carbonyl (C=O) groups excluding carboxylic acids is 2. The molecule has 0 aliphatic carbocycles. The van der Waals surface area contributed by atoms with E-state index in [9.17, 15) is 14.9 Å². The molecule has 0 unspecified atom stereocenters. The molecule has 10 heteroatoms. The van der Waals surface area contributed by atoms with Crippen LogP contribution in [0.3, 0.4) is 0 Å². The van der Waals surface area contributed by atoms with Gasteiger partial charge in [-0.05, 0) is 41.8 Å². The van der Waals surface area contributed by atoms with Gasteiger partial charge in [-0.15, -0.1) is 24.8 Å². The molecule has 8 nitrogen and oxygen atoms in total. The largest absolute Gasteiger partial charge is 0.353 e. The van der Waals surface area contributed by atoms with E-state index in [2.05, 4.69) is 28.8 Å². The molecule has 196 valence electrons. The predicted octanol–water partition coefficient (Wildman–Crippen LogP) is 2.89. The molecule has 2 amide bonds. The van der Waals surface area contributed by atoms with Crippen molar-refractivity contribution in [3.63, 3.8) is 0 Å². The van der Waals surface area contributed by atoms with Crippen LogP contribution in [-0.4, -0.2) is 61.6 Å². The normalized spacial score (nSPS) is 11.9. The lowest BCUT2D eigenvalue weighted by molar-refractivity contribution is -0.145. The van der Waals surface area contributed by atoms with Gasteiger partial charge in [0.15, 0.2) is 0 Å². The van der Waals surface area contributed by atoms with E-state index in [1.165, 1.54) is 11.1 Å². The van der Waals surface area contributed by atoms with E-state index in [-0.39, 0.29) is 49.7 Å². The van der Waals surface area contributed by atoms with E-state index in [1.54, 1.807) is 29.1 Å². The molecule has 0 saturated carbocycles. The van der Waals surface area contributed by atoms with Gasteiger partial charge in [0.2, 0.25) is 5.91 Å². The van der Waals surface area contributed by atoms with Gasteiger partial charge in [0.05, 0.1) is 24.7 Å². The molecule has 0 spiro atoms. The fourth-order valence-corrected chi connectivity index (χ4v) is 4.10. The summed E-state index contributed by atoms with van der Waals surface area (Å²) in [7, 11) is 1.77. The van der Waals surface area contributed by atoms with Gasteiger partial charge in [-0.3, -0.25) is 14.6 Å². The van der Waals surface area contributed by atoms with Crippen molar-refractivity contribution in [2.24, 2.45) is 0 Å². The third-order valence-corrected chi connectivity index (χ3v) is 6.08. The molecular weight excluding hydrogens is 499 g/mol. The van der Waals surface area contributed by atoms with Crippen molar-refractivity contribution in [1.29, 1.82) is 5.26 Å². The van der Waals surface area contributed by atoms with E-state index in [0.717, 1.165) is 24.2 Å². The fourth-order valence-electron chi connectivity index (χ4n) is 4.10. The van der Waals surface area contributed by atoms with Gasteiger partial charge in [0, 0.05) is 38.9 Å². The maximum absolute atomic E-state index is 13.3. The Balaban J connectivity index is 0.00000324. The Morgan fingerprint density at radius 3 is 2.28 bits per heavy atom. The fraction of sp³-hybridized carbons (Fsp3) is 0.423. The van der Waals surface area contributed by atoms with Crippen LogP contribution in [0, 0.1) is 11.3 Å². The number of halogens is 2. The van der Waals surface area contributed by atoms with Crippen molar-refractivity contribution in [3.8, 4) is 6.07 Å². The predicted molar refractivity (Wildman–Crippen MR) is 147 cm³/mol. The molecule has 1 aliphatic heterocycles. The van der Waals surface area contributed by atoms with E-state index in [0.29, 0.717) is 31.7 Å². The number of fused-ring (bicyclic) bond motifs is 1. The highest BCUT2D eigenvalue weighted by Crippen LogP contribution is 2.25. The van der Waals surface area contributed by atoms with Gasteiger partial charge in [-0.25, -0.2) is 5.01 Å². The summed E-state index contributed by atoms with van der Waals surface area (Å²) in [6.07, 6.45) is 0.727. The molecule has 2 aromatic rings. The minimum absolute atomic E-state index is 0. The number of rotatable bonds is 11. The molecule has 0 atom stereocenters.